The number of aromatic amines is 1. The summed E-state index contributed by atoms with van der Waals surface area (Å²) >= 11 is 1.20. The second-order valence-electron chi connectivity index (χ2n) is 7.47. The van der Waals surface area contributed by atoms with Crippen molar-refractivity contribution in [2.75, 3.05) is 24.7 Å². The molecule has 0 fully saturated rings. The maximum Gasteiger partial charge on any atom is 0.185 e. The fourth-order valence-corrected chi connectivity index (χ4v) is 6.00. The van der Waals surface area contributed by atoms with Crippen LogP contribution in [0, 0.1) is 6.92 Å². The van der Waals surface area contributed by atoms with E-state index in [1.807, 2.05) is 22.9 Å². The number of H-pyrrole nitrogens is 1. The number of thiophene rings is 1. The first-order valence-corrected chi connectivity index (χ1v) is 12.5. The van der Waals surface area contributed by atoms with Gasteiger partial charge in [0, 0.05) is 30.8 Å². The van der Waals surface area contributed by atoms with E-state index in [1.54, 1.807) is 19.3 Å². The maximum absolute atomic E-state index is 12.1. The molecule has 31 heavy (non-hydrogen) atoms. The number of fused-ring (bicyclic) bond motifs is 1. The summed E-state index contributed by atoms with van der Waals surface area (Å²) in [5.41, 5.74) is 5.11. The van der Waals surface area contributed by atoms with E-state index in [-0.39, 0.29) is 0 Å². The Hall–Kier alpha value is -3.02. The van der Waals surface area contributed by atoms with Crippen molar-refractivity contribution in [3.8, 4) is 11.3 Å². The lowest BCUT2D eigenvalue weighted by Crippen LogP contribution is -2.22. The first-order chi connectivity index (χ1) is 14.9. The van der Waals surface area contributed by atoms with Crippen molar-refractivity contribution in [1.29, 1.82) is 0 Å². The summed E-state index contributed by atoms with van der Waals surface area (Å²) in [6, 6.07) is 1.83. The Morgan fingerprint density at radius 1 is 1.29 bits per heavy atom. The Morgan fingerprint density at radius 2 is 2.16 bits per heavy atom. The molecule has 4 aromatic heterocycles. The van der Waals surface area contributed by atoms with Crippen LogP contribution in [0.2, 0.25) is 0 Å². The van der Waals surface area contributed by atoms with Gasteiger partial charge in [0.05, 0.1) is 28.8 Å². The third kappa shape index (κ3) is 3.75. The zero-order valence-corrected chi connectivity index (χ0v) is 18.6. The minimum atomic E-state index is -3.29. The number of nitrogens with zero attached hydrogens (tertiary/aromatic N) is 4. The van der Waals surface area contributed by atoms with Crippen molar-refractivity contribution in [1.82, 2.24) is 29.9 Å². The van der Waals surface area contributed by atoms with E-state index in [2.05, 4.69) is 31.9 Å². The monoisotopic (exact) mass is 455 g/mol. The fraction of sp³-hybridized carbons (Fsp3) is 0.250. The lowest BCUT2D eigenvalue weighted by molar-refractivity contribution is 0.603. The second-order valence-corrected chi connectivity index (χ2v) is 10.7. The topological polar surface area (TPSA) is 117 Å². The smallest absolute Gasteiger partial charge is 0.185 e. The third-order valence-electron chi connectivity index (χ3n) is 5.09. The van der Waals surface area contributed by atoms with E-state index in [9.17, 15) is 8.42 Å². The molecule has 0 aliphatic carbocycles. The average Bonchev–Trinajstić information content (AvgIpc) is 3.47. The lowest BCUT2D eigenvalue weighted by Gasteiger charge is -2.16. The SMILES string of the molecule is Cc1cc(Nc2nc(C3=CCCNC3)cn3c(-c4cn[nH]c4)cnc23)sc1S(C)(=O)=O. The fourth-order valence-electron chi connectivity index (χ4n) is 3.68. The molecule has 160 valence electrons. The maximum atomic E-state index is 12.1. The van der Waals surface area contributed by atoms with Gasteiger partial charge in [0.2, 0.25) is 0 Å². The van der Waals surface area contributed by atoms with Gasteiger partial charge in [0.1, 0.15) is 4.21 Å². The van der Waals surface area contributed by atoms with Crippen molar-refractivity contribution in [2.24, 2.45) is 0 Å². The van der Waals surface area contributed by atoms with E-state index < -0.39 is 9.84 Å². The van der Waals surface area contributed by atoms with E-state index in [4.69, 9.17) is 4.98 Å². The van der Waals surface area contributed by atoms with Crippen molar-refractivity contribution in [2.45, 2.75) is 17.6 Å². The zero-order valence-electron chi connectivity index (χ0n) is 17.0. The molecule has 5 heterocycles. The van der Waals surface area contributed by atoms with Gasteiger partial charge >= 0.3 is 0 Å². The molecule has 5 rings (SSSR count). The first kappa shape index (κ1) is 19.9. The number of anilines is 2. The highest BCUT2D eigenvalue weighted by atomic mass is 32.2. The molecule has 0 saturated heterocycles. The lowest BCUT2D eigenvalue weighted by atomic mass is 10.1. The Labute approximate surface area is 183 Å². The quantitative estimate of drug-likeness (QED) is 0.423. The standard InChI is InChI=1S/C20H21N7O2S2/c1-12-6-17(30-20(12)31(2,28)29)26-18-19-22-10-16(14-8-23-24-9-14)27(19)11-15(25-18)13-4-3-5-21-7-13/h4,6,8-11,21H,3,5,7H2,1-2H3,(H,23,24)(H,25,26). The van der Waals surface area contributed by atoms with Gasteiger partial charge in [-0.3, -0.25) is 9.50 Å². The number of aryl methyl sites for hydroxylation is 1. The van der Waals surface area contributed by atoms with Crippen LogP contribution < -0.4 is 10.6 Å². The first-order valence-electron chi connectivity index (χ1n) is 9.75. The molecule has 1 aliphatic heterocycles. The molecule has 0 saturated carbocycles. The predicted molar refractivity (Wildman–Crippen MR) is 121 cm³/mol. The number of hydrogen-bond acceptors (Lipinski definition) is 8. The molecular formula is C20H21N7O2S2. The Balaban J connectivity index is 1.65. The molecule has 0 radical (unpaired) electrons. The van der Waals surface area contributed by atoms with E-state index in [1.165, 1.54) is 17.6 Å². The number of rotatable bonds is 5. The van der Waals surface area contributed by atoms with Crippen LogP contribution in [-0.2, 0) is 9.84 Å². The molecule has 9 nitrogen and oxygen atoms in total. The van der Waals surface area contributed by atoms with Crippen LogP contribution in [0.1, 0.15) is 17.7 Å². The van der Waals surface area contributed by atoms with Gasteiger partial charge in [0.25, 0.3) is 0 Å². The van der Waals surface area contributed by atoms with Gasteiger partial charge in [-0.15, -0.1) is 11.3 Å². The molecule has 1 aliphatic rings. The Bertz CT molecular complexity index is 1400. The number of sulfone groups is 1. The Kier molecular flexibility index (Phi) is 4.88. The van der Waals surface area contributed by atoms with Crippen LogP contribution in [0.4, 0.5) is 10.8 Å². The second kappa shape index (κ2) is 7.59. The average molecular weight is 456 g/mol. The summed E-state index contributed by atoms with van der Waals surface area (Å²) in [6.45, 7) is 3.48. The van der Waals surface area contributed by atoms with Crippen LogP contribution in [0.3, 0.4) is 0 Å². The van der Waals surface area contributed by atoms with Gasteiger partial charge in [-0.2, -0.15) is 5.10 Å². The van der Waals surface area contributed by atoms with Crippen LogP contribution in [0.5, 0.6) is 0 Å². The van der Waals surface area contributed by atoms with E-state index >= 15 is 0 Å². The third-order valence-corrected chi connectivity index (χ3v) is 8.19. The van der Waals surface area contributed by atoms with Crippen molar-refractivity contribution >= 4 is 43.2 Å². The molecule has 0 bridgehead atoms. The minimum absolute atomic E-state index is 0.351. The van der Waals surface area contributed by atoms with Crippen molar-refractivity contribution < 1.29 is 8.42 Å². The molecule has 0 unspecified atom stereocenters. The summed E-state index contributed by atoms with van der Waals surface area (Å²) in [6.07, 6.45) is 11.7. The van der Waals surface area contributed by atoms with E-state index in [0.29, 0.717) is 26.2 Å². The summed E-state index contributed by atoms with van der Waals surface area (Å²) in [5, 5.41) is 14.3. The summed E-state index contributed by atoms with van der Waals surface area (Å²) in [5.74, 6) is 0.569. The summed E-state index contributed by atoms with van der Waals surface area (Å²) < 4.78 is 26.4. The van der Waals surface area contributed by atoms with Gasteiger partial charge in [-0.25, -0.2) is 18.4 Å². The number of imidazole rings is 1. The highest BCUT2D eigenvalue weighted by Crippen LogP contribution is 2.34. The van der Waals surface area contributed by atoms with Gasteiger partial charge in [-0.1, -0.05) is 6.08 Å². The van der Waals surface area contributed by atoms with Crippen LogP contribution in [-0.4, -0.2) is 52.3 Å². The molecule has 11 heteroatoms. The number of aromatic nitrogens is 5. The normalized spacial score (nSPS) is 14.7. The van der Waals surface area contributed by atoms with Crippen LogP contribution in [0.15, 0.2) is 41.1 Å². The molecule has 0 atom stereocenters. The van der Waals surface area contributed by atoms with Crippen molar-refractivity contribution in [3.63, 3.8) is 0 Å². The highest BCUT2D eigenvalue weighted by molar-refractivity contribution is 7.92. The molecule has 0 aromatic carbocycles. The van der Waals surface area contributed by atoms with Gasteiger partial charge in [-0.05, 0) is 37.1 Å². The van der Waals surface area contributed by atoms with Crippen LogP contribution in [0.25, 0.3) is 22.5 Å². The Morgan fingerprint density at radius 3 is 2.84 bits per heavy atom. The molecule has 4 aromatic rings. The van der Waals surface area contributed by atoms with Crippen LogP contribution >= 0.6 is 11.3 Å². The summed E-state index contributed by atoms with van der Waals surface area (Å²) in [7, 11) is -3.29. The largest absolute Gasteiger partial charge is 0.329 e. The van der Waals surface area contributed by atoms with E-state index in [0.717, 1.165) is 42.0 Å². The molecule has 0 amide bonds. The molecule has 3 N–H and O–H groups in total. The minimum Gasteiger partial charge on any atom is -0.329 e. The predicted octanol–water partition coefficient (Wildman–Crippen LogP) is 3.01. The van der Waals surface area contributed by atoms with Gasteiger partial charge < -0.3 is 10.6 Å². The molecular weight excluding hydrogens is 434 g/mol. The summed E-state index contributed by atoms with van der Waals surface area (Å²) in [4.78, 5) is 9.43. The van der Waals surface area contributed by atoms with Gasteiger partial charge in [0.15, 0.2) is 21.3 Å². The number of nitrogens with one attached hydrogen (secondary N) is 3. The van der Waals surface area contributed by atoms with Crippen molar-refractivity contribution in [3.05, 3.63) is 48.2 Å². The highest BCUT2D eigenvalue weighted by Gasteiger charge is 2.19. The number of hydrogen-bond donors (Lipinski definition) is 3. The molecule has 0 spiro atoms. The zero-order chi connectivity index (χ0) is 21.6.